The maximum absolute atomic E-state index is 11.2. The van der Waals surface area contributed by atoms with Crippen LogP contribution in [0, 0.1) is 0 Å². The number of carbonyl (C=O) groups excluding carboxylic acids is 1. The van der Waals surface area contributed by atoms with Crippen LogP contribution < -0.4 is 5.73 Å². The largest absolute Gasteiger partial charge is 0.394 e. The zero-order chi connectivity index (χ0) is 8.97. The Labute approximate surface area is 71.1 Å². The molecular weight excluding hydrogens is 160 g/mol. The Balaban J connectivity index is 2.52. The molecule has 0 saturated carbocycles. The van der Waals surface area contributed by atoms with Crippen LogP contribution in [0.4, 0.5) is 0 Å². The van der Waals surface area contributed by atoms with Crippen LogP contribution in [0.1, 0.15) is 0 Å². The average molecular weight is 174 g/mol. The minimum Gasteiger partial charge on any atom is -0.394 e. The number of aliphatic hydroxyl groups is 1. The second-order valence-electron chi connectivity index (χ2n) is 2.70. The molecule has 1 aliphatic rings. The van der Waals surface area contributed by atoms with Gasteiger partial charge in [0, 0.05) is 6.54 Å². The van der Waals surface area contributed by atoms with Crippen LogP contribution in [0.25, 0.3) is 0 Å². The van der Waals surface area contributed by atoms with E-state index in [1.807, 2.05) is 0 Å². The molecule has 70 valence electrons. The van der Waals surface area contributed by atoms with E-state index in [0.717, 1.165) is 0 Å². The molecule has 0 aromatic rings. The number of carbonyl (C=O) groups is 1. The quantitative estimate of drug-likeness (QED) is 0.516. The molecule has 5 heteroatoms. The molecule has 0 spiro atoms. The van der Waals surface area contributed by atoms with Gasteiger partial charge in [-0.15, -0.1) is 0 Å². The van der Waals surface area contributed by atoms with Crippen LogP contribution in [0.3, 0.4) is 0 Å². The topological polar surface area (TPSA) is 75.8 Å². The van der Waals surface area contributed by atoms with E-state index in [1.54, 1.807) is 4.90 Å². The molecule has 3 N–H and O–H groups in total. The summed E-state index contributed by atoms with van der Waals surface area (Å²) in [6.07, 6.45) is 0. The molecule has 0 radical (unpaired) electrons. The van der Waals surface area contributed by atoms with Crippen molar-refractivity contribution in [2.45, 2.75) is 6.04 Å². The van der Waals surface area contributed by atoms with Crippen LogP contribution in [0.2, 0.25) is 0 Å². The van der Waals surface area contributed by atoms with Gasteiger partial charge in [-0.2, -0.15) is 0 Å². The number of hydrogen-bond donors (Lipinski definition) is 2. The highest BCUT2D eigenvalue weighted by atomic mass is 16.5. The Hall–Kier alpha value is -0.650. The van der Waals surface area contributed by atoms with Crippen molar-refractivity contribution in [3.8, 4) is 0 Å². The fourth-order valence-electron chi connectivity index (χ4n) is 1.25. The zero-order valence-electron chi connectivity index (χ0n) is 6.90. The van der Waals surface area contributed by atoms with Gasteiger partial charge in [-0.05, 0) is 0 Å². The van der Waals surface area contributed by atoms with Gasteiger partial charge in [-0.25, -0.2) is 0 Å². The van der Waals surface area contributed by atoms with Gasteiger partial charge in [0.05, 0.1) is 32.4 Å². The van der Waals surface area contributed by atoms with Gasteiger partial charge < -0.3 is 20.5 Å². The van der Waals surface area contributed by atoms with E-state index in [9.17, 15) is 4.79 Å². The number of morpholine rings is 1. The standard InChI is InChI=1S/C7H14N2O3/c8-3-7(11)9-1-2-12-5-6(9)4-10/h6,10H,1-5,8H2. The molecule has 1 rings (SSSR count). The van der Waals surface area contributed by atoms with Crippen molar-refractivity contribution in [1.82, 2.24) is 4.90 Å². The molecule has 1 unspecified atom stereocenters. The van der Waals surface area contributed by atoms with Gasteiger partial charge in [0.15, 0.2) is 0 Å². The minimum absolute atomic E-state index is 0.00347. The lowest BCUT2D eigenvalue weighted by atomic mass is 10.2. The molecule has 1 atom stereocenters. The predicted molar refractivity (Wildman–Crippen MR) is 42.5 cm³/mol. The second kappa shape index (κ2) is 4.39. The molecule has 0 aliphatic carbocycles. The van der Waals surface area contributed by atoms with Gasteiger partial charge in [0.1, 0.15) is 0 Å². The van der Waals surface area contributed by atoms with Crippen LogP contribution in [0.15, 0.2) is 0 Å². The number of hydrogen-bond acceptors (Lipinski definition) is 4. The molecule has 1 fully saturated rings. The minimum atomic E-state index is -0.213. The Kier molecular flexibility index (Phi) is 3.46. The van der Waals surface area contributed by atoms with Gasteiger partial charge in [-0.3, -0.25) is 4.79 Å². The summed E-state index contributed by atoms with van der Waals surface area (Å²) in [5.41, 5.74) is 5.21. The third-order valence-electron chi connectivity index (χ3n) is 1.93. The first-order chi connectivity index (χ1) is 5.79. The number of nitrogens with zero attached hydrogens (tertiary/aromatic N) is 1. The first-order valence-electron chi connectivity index (χ1n) is 3.97. The Bertz CT molecular complexity index is 163. The van der Waals surface area contributed by atoms with Crippen molar-refractivity contribution in [2.75, 3.05) is 32.9 Å². The van der Waals surface area contributed by atoms with Gasteiger partial charge in [0.2, 0.25) is 5.91 Å². The molecule has 1 heterocycles. The Morgan fingerprint density at radius 1 is 1.75 bits per heavy atom. The lowest BCUT2D eigenvalue weighted by molar-refractivity contribution is -0.140. The third-order valence-corrected chi connectivity index (χ3v) is 1.93. The summed E-state index contributed by atoms with van der Waals surface area (Å²) in [5, 5.41) is 8.89. The highest BCUT2D eigenvalue weighted by molar-refractivity contribution is 5.78. The molecule has 0 bridgehead atoms. The zero-order valence-corrected chi connectivity index (χ0v) is 6.90. The number of rotatable bonds is 2. The van der Waals surface area contributed by atoms with Crippen LogP contribution in [-0.2, 0) is 9.53 Å². The number of nitrogens with two attached hydrogens (primary N) is 1. The Morgan fingerprint density at radius 2 is 2.50 bits per heavy atom. The smallest absolute Gasteiger partial charge is 0.236 e. The summed E-state index contributed by atoms with van der Waals surface area (Å²) in [4.78, 5) is 12.7. The van der Waals surface area contributed by atoms with E-state index in [-0.39, 0.29) is 25.1 Å². The summed E-state index contributed by atoms with van der Waals surface area (Å²) < 4.78 is 5.10. The summed E-state index contributed by atoms with van der Waals surface area (Å²) in [7, 11) is 0. The van der Waals surface area contributed by atoms with Gasteiger partial charge in [-0.1, -0.05) is 0 Å². The maximum atomic E-state index is 11.2. The first kappa shape index (κ1) is 9.44. The summed E-state index contributed by atoms with van der Waals surface area (Å²) in [5.74, 6) is -0.127. The van der Waals surface area contributed by atoms with Crippen molar-refractivity contribution >= 4 is 5.91 Å². The molecule has 1 saturated heterocycles. The van der Waals surface area contributed by atoms with E-state index in [2.05, 4.69) is 0 Å². The van der Waals surface area contributed by atoms with Crippen molar-refractivity contribution in [3.63, 3.8) is 0 Å². The van der Waals surface area contributed by atoms with Crippen LogP contribution in [-0.4, -0.2) is 54.9 Å². The lowest BCUT2D eigenvalue weighted by Gasteiger charge is -2.34. The average Bonchev–Trinajstić information content (AvgIpc) is 2.16. The van der Waals surface area contributed by atoms with E-state index >= 15 is 0 Å². The highest BCUT2D eigenvalue weighted by Crippen LogP contribution is 2.05. The van der Waals surface area contributed by atoms with Crippen LogP contribution in [0.5, 0.6) is 0 Å². The molecule has 1 amide bonds. The van der Waals surface area contributed by atoms with Crippen molar-refractivity contribution in [2.24, 2.45) is 5.73 Å². The van der Waals surface area contributed by atoms with Crippen LogP contribution >= 0.6 is 0 Å². The molecule has 0 aromatic carbocycles. The maximum Gasteiger partial charge on any atom is 0.236 e. The highest BCUT2D eigenvalue weighted by Gasteiger charge is 2.25. The fraction of sp³-hybridized carbons (Fsp3) is 0.857. The summed E-state index contributed by atoms with van der Waals surface area (Å²) in [6, 6.07) is -0.213. The van der Waals surface area contributed by atoms with E-state index in [0.29, 0.717) is 19.8 Å². The molecule has 12 heavy (non-hydrogen) atoms. The van der Waals surface area contributed by atoms with Gasteiger partial charge in [0.25, 0.3) is 0 Å². The fourth-order valence-corrected chi connectivity index (χ4v) is 1.25. The van der Waals surface area contributed by atoms with Crippen molar-refractivity contribution in [3.05, 3.63) is 0 Å². The summed E-state index contributed by atoms with van der Waals surface area (Å²) >= 11 is 0. The second-order valence-corrected chi connectivity index (χ2v) is 2.70. The molecule has 1 aliphatic heterocycles. The number of amides is 1. The molecule has 0 aromatic heterocycles. The first-order valence-corrected chi connectivity index (χ1v) is 3.97. The Morgan fingerprint density at radius 3 is 3.08 bits per heavy atom. The SMILES string of the molecule is NCC(=O)N1CCOCC1CO. The normalized spacial score (nSPS) is 24.2. The van der Waals surface area contributed by atoms with Crippen molar-refractivity contribution in [1.29, 1.82) is 0 Å². The predicted octanol–water partition coefficient (Wildman–Crippen LogP) is -1.84. The molecule has 5 nitrogen and oxygen atoms in total. The lowest BCUT2D eigenvalue weighted by Crippen LogP contribution is -2.52. The number of aliphatic hydroxyl groups excluding tert-OH is 1. The van der Waals surface area contributed by atoms with Gasteiger partial charge >= 0.3 is 0 Å². The monoisotopic (exact) mass is 174 g/mol. The van der Waals surface area contributed by atoms with E-state index < -0.39 is 0 Å². The van der Waals surface area contributed by atoms with Crippen molar-refractivity contribution < 1.29 is 14.6 Å². The van der Waals surface area contributed by atoms with E-state index in [4.69, 9.17) is 15.6 Å². The third kappa shape index (κ3) is 1.94. The van der Waals surface area contributed by atoms with E-state index in [1.165, 1.54) is 0 Å². The molecular formula is C7H14N2O3. The summed E-state index contributed by atoms with van der Waals surface area (Å²) in [6.45, 7) is 1.40. The number of ether oxygens (including phenoxy) is 1.